The van der Waals surface area contributed by atoms with Crippen molar-refractivity contribution in [3.63, 3.8) is 0 Å². The number of halogens is 3. The molecule has 2 bridgehead atoms. The van der Waals surface area contributed by atoms with E-state index in [1.165, 1.54) is 26.3 Å². The van der Waals surface area contributed by atoms with Crippen LogP contribution in [-0.2, 0) is 16.0 Å². The highest BCUT2D eigenvalue weighted by atomic mass is 35.5. The lowest BCUT2D eigenvalue weighted by molar-refractivity contribution is -0.0917. The first kappa shape index (κ1) is 34.5. The van der Waals surface area contributed by atoms with Gasteiger partial charge in [-0.05, 0) is 73.6 Å². The number of alkyl halides is 2. The first-order chi connectivity index (χ1) is 24.2. The minimum atomic E-state index is -3.18. The number of anilines is 2. The van der Waals surface area contributed by atoms with Crippen molar-refractivity contribution in [2.24, 2.45) is 0 Å². The van der Waals surface area contributed by atoms with Crippen LogP contribution in [0.25, 0.3) is 11.1 Å². The molecule has 1 N–H and O–H groups in total. The molecule has 0 spiro atoms. The van der Waals surface area contributed by atoms with Crippen LogP contribution in [0, 0.1) is 0 Å². The maximum Gasteiger partial charge on any atom is 0.304 e. The van der Waals surface area contributed by atoms with Crippen molar-refractivity contribution in [2.75, 3.05) is 38.9 Å². The molecular formula is C33H41ClF2N10O4. The molecule has 3 atom stereocenters. The van der Waals surface area contributed by atoms with E-state index in [0.717, 1.165) is 50.0 Å². The van der Waals surface area contributed by atoms with Gasteiger partial charge in [0.05, 0.1) is 37.0 Å². The van der Waals surface area contributed by atoms with E-state index >= 15 is 0 Å². The van der Waals surface area contributed by atoms with Gasteiger partial charge in [-0.1, -0.05) is 17.7 Å². The Hall–Kier alpha value is -3.99. The molecule has 1 saturated carbocycles. The van der Waals surface area contributed by atoms with Crippen LogP contribution in [0.5, 0.6) is 11.6 Å². The zero-order valence-corrected chi connectivity index (χ0v) is 28.8. The number of tetrazole rings is 1. The highest BCUT2D eigenvalue weighted by Gasteiger charge is 2.42. The predicted octanol–water partition coefficient (Wildman–Crippen LogP) is 5.20. The maximum atomic E-state index is 14.4. The summed E-state index contributed by atoms with van der Waals surface area (Å²) < 4.78 is 54.3. The summed E-state index contributed by atoms with van der Waals surface area (Å²) in [5, 5.41) is 19.4. The van der Waals surface area contributed by atoms with Crippen molar-refractivity contribution in [3.05, 3.63) is 48.1 Å². The molecule has 5 heterocycles. The molecule has 1 aliphatic carbocycles. The van der Waals surface area contributed by atoms with Crippen LogP contribution in [0.3, 0.4) is 0 Å². The number of nitrogens with one attached hydrogen (secondary N) is 1. The van der Waals surface area contributed by atoms with Gasteiger partial charge in [0.15, 0.2) is 6.61 Å². The van der Waals surface area contributed by atoms with Crippen LogP contribution < -0.4 is 14.8 Å². The van der Waals surface area contributed by atoms with Gasteiger partial charge in [-0.15, -0.1) is 10.2 Å². The quantitative estimate of drug-likeness (QED) is 0.184. The molecule has 3 fully saturated rings. The molecule has 0 amide bonds. The Morgan fingerprint density at radius 2 is 1.72 bits per heavy atom. The molecule has 17 heteroatoms. The van der Waals surface area contributed by atoms with Gasteiger partial charge in [0.2, 0.25) is 5.95 Å². The SMILES string of the molecule is COCC(F)(F)COc1nn(C2CCC(N3[C@@H]4CC[C@H]3COC4)CC2)cc1Nc1ncc(-c2ccc(Cl)c(OC(C)Cn3cnnn3)c2)cn1. The van der Waals surface area contributed by atoms with E-state index in [1.54, 1.807) is 29.3 Å². The molecule has 0 radical (unpaired) electrons. The molecule has 2 aliphatic heterocycles. The second kappa shape index (κ2) is 15.1. The Labute approximate surface area is 293 Å². The standard InChI is InChI=1S/C33H41ClF2N10O4/c1-21(14-44-20-39-42-43-44)50-30-11-22(3-10-28(30)34)23-12-37-32(38-13-23)40-29-15-45(41-31(29)49-19-33(35,36)18-47-2)24-4-6-25(7-5-24)46-26-8-9-27(46)17-48-16-26/h3,10-13,15,20-21,24-27H,4-9,14,16-19H2,1-2H3,(H,37,38,40)/t21?,24?,25?,26-,27+. The number of fused-ring (bicyclic) bond motifs is 2. The lowest BCUT2D eigenvalue weighted by Gasteiger charge is -2.43. The third-order valence-corrected chi connectivity index (χ3v) is 9.87. The average Bonchev–Trinajstić information content (AvgIpc) is 3.83. The summed E-state index contributed by atoms with van der Waals surface area (Å²) in [6, 6.07) is 7.09. The topological polar surface area (TPSA) is 139 Å². The van der Waals surface area contributed by atoms with Gasteiger partial charge in [-0.3, -0.25) is 9.58 Å². The van der Waals surface area contributed by atoms with E-state index in [9.17, 15) is 8.78 Å². The van der Waals surface area contributed by atoms with Crippen LogP contribution >= 0.6 is 11.6 Å². The van der Waals surface area contributed by atoms with Crippen LogP contribution in [0.4, 0.5) is 20.4 Å². The zero-order valence-electron chi connectivity index (χ0n) is 28.0. The van der Waals surface area contributed by atoms with Crippen molar-refractivity contribution in [1.29, 1.82) is 0 Å². The number of rotatable bonds is 14. The van der Waals surface area contributed by atoms with E-state index in [-0.39, 0.29) is 24.0 Å². The largest absolute Gasteiger partial charge is 0.487 e. The summed E-state index contributed by atoms with van der Waals surface area (Å²) in [6.07, 6.45) is 12.7. The molecule has 3 aromatic heterocycles. The number of hydrogen-bond acceptors (Lipinski definition) is 12. The first-order valence-electron chi connectivity index (χ1n) is 16.9. The van der Waals surface area contributed by atoms with Crippen LogP contribution in [0.2, 0.25) is 5.02 Å². The fourth-order valence-electron chi connectivity index (χ4n) is 7.28. The summed E-state index contributed by atoms with van der Waals surface area (Å²) in [5.41, 5.74) is 1.92. The van der Waals surface area contributed by atoms with E-state index in [0.29, 0.717) is 41.1 Å². The second-order valence-electron chi connectivity index (χ2n) is 13.3. The fraction of sp³-hybridized carbons (Fsp3) is 0.576. The minimum absolute atomic E-state index is 0.0529. The second-order valence-corrected chi connectivity index (χ2v) is 13.7. The minimum Gasteiger partial charge on any atom is -0.487 e. The fourth-order valence-corrected chi connectivity index (χ4v) is 7.44. The smallest absolute Gasteiger partial charge is 0.304 e. The molecule has 7 rings (SSSR count). The molecule has 50 heavy (non-hydrogen) atoms. The van der Waals surface area contributed by atoms with Crippen LogP contribution in [0.15, 0.2) is 43.1 Å². The normalized spacial score (nSPS) is 23.1. The van der Waals surface area contributed by atoms with Gasteiger partial charge < -0.3 is 24.3 Å². The molecule has 1 aromatic carbocycles. The Kier molecular flexibility index (Phi) is 10.4. The summed E-state index contributed by atoms with van der Waals surface area (Å²) in [5.74, 6) is -2.38. The molecular weight excluding hydrogens is 674 g/mol. The number of hydrogen-bond donors (Lipinski definition) is 1. The summed E-state index contributed by atoms with van der Waals surface area (Å²) in [4.78, 5) is 11.7. The van der Waals surface area contributed by atoms with E-state index < -0.39 is 19.1 Å². The van der Waals surface area contributed by atoms with Crippen molar-refractivity contribution in [1.82, 2.24) is 44.9 Å². The highest BCUT2D eigenvalue weighted by molar-refractivity contribution is 6.32. The number of benzene rings is 1. The van der Waals surface area contributed by atoms with Gasteiger partial charge in [0.1, 0.15) is 30.5 Å². The Balaban J connectivity index is 1.04. The lowest BCUT2D eigenvalue weighted by atomic mass is 9.89. The predicted molar refractivity (Wildman–Crippen MR) is 179 cm³/mol. The summed E-state index contributed by atoms with van der Waals surface area (Å²) in [7, 11) is 1.23. The third-order valence-electron chi connectivity index (χ3n) is 9.56. The van der Waals surface area contributed by atoms with Crippen LogP contribution in [-0.4, -0.2) is 109 Å². The third kappa shape index (κ3) is 7.98. The van der Waals surface area contributed by atoms with Gasteiger partial charge in [-0.25, -0.2) is 23.4 Å². The summed E-state index contributed by atoms with van der Waals surface area (Å²) in [6.45, 7) is 2.34. The Morgan fingerprint density at radius 3 is 2.42 bits per heavy atom. The number of ether oxygens (including phenoxy) is 4. The van der Waals surface area contributed by atoms with Crippen molar-refractivity contribution < 1.29 is 27.7 Å². The molecule has 2 saturated heterocycles. The lowest BCUT2D eigenvalue weighted by Crippen LogP contribution is -2.52. The van der Waals surface area contributed by atoms with Crippen LogP contribution in [0.1, 0.15) is 51.5 Å². The van der Waals surface area contributed by atoms with Gasteiger partial charge in [-0.2, -0.15) is 0 Å². The molecule has 1 unspecified atom stereocenters. The average molecular weight is 715 g/mol. The molecule has 4 aromatic rings. The maximum absolute atomic E-state index is 14.4. The van der Waals surface area contributed by atoms with E-state index in [1.807, 2.05) is 23.7 Å². The van der Waals surface area contributed by atoms with Crippen molar-refractivity contribution in [3.8, 4) is 22.8 Å². The Morgan fingerprint density at radius 1 is 1.00 bits per heavy atom. The van der Waals surface area contributed by atoms with E-state index in [2.05, 4.69) is 45.5 Å². The van der Waals surface area contributed by atoms with Crippen molar-refractivity contribution >= 4 is 23.2 Å². The van der Waals surface area contributed by atoms with Crippen molar-refractivity contribution in [2.45, 2.75) is 88.2 Å². The molecule has 14 nitrogen and oxygen atoms in total. The highest BCUT2D eigenvalue weighted by Crippen LogP contribution is 2.40. The Bertz CT molecular complexity index is 1690. The van der Waals surface area contributed by atoms with Gasteiger partial charge >= 0.3 is 5.92 Å². The number of nitrogens with zero attached hydrogens (tertiary/aromatic N) is 9. The van der Waals surface area contributed by atoms with Gasteiger partial charge in [0.25, 0.3) is 5.88 Å². The first-order valence-corrected chi connectivity index (χ1v) is 17.3. The molecule has 3 aliphatic rings. The van der Waals surface area contributed by atoms with Gasteiger partial charge in [0, 0.05) is 43.2 Å². The number of aromatic nitrogens is 8. The summed E-state index contributed by atoms with van der Waals surface area (Å²) >= 11 is 6.43. The van der Waals surface area contributed by atoms with E-state index in [4.69, 9.17) is 25.8 Å². The zero-order chi connectivity index (χ0) is 34.7. The number of morpholine rings is 1. The molecule has 268 valence electrons. The number of methoxy groups -OCH3 is 1. The monoisotopic (exact) mass is 714 g/mol.